The minimum absolute atomic E-state index is 0.437. The lowest BCUT2D eigenvalue weighted by atomic mass is 10.1. The Bertz CT molecular complexity index is 181. The first-order chi connectivity index (χ1) is 7.06. The van der Waals surface area contributed by atoms with Crippen LogP contribution in [-0.4, -0.2) is 48.3 Å². The number of carbonyl (C=O) groups is 1. The maximum absolute atomic E-state index is 10.9. The van der Waals surface area contributed by atoms with Gasteiger partial charge in [0.05, 0.1) is 0 Å². The van der Waals surface area contributed by atoms with E-state index in [1.165, 1.54) is 0 Å². The zero-order valence-corrected chi connectivity index (χ0v) is 10.2. The number of ether oxygens (including phenoxy) is 1. The average molecular weight is 217 g/mol. The summed E-state index contributed by atoms with van der Waals surface area (Å²) in [5, 5.41) is 8.93. The van der Waals surface area contributed by atoms with Crippen molar-refractivity contribution in [2.45, 2.75) is 45.8 Å². The van der Waals surface area contributed by atoms with Crippen LogP contribution < -0.4 is 0 Å². The van der Waals surface area contributed by atoms with Crippen LogP contribution in [0.1, 0.15) is 33.6 Å². The van der Waals surface area contributed by atoms with E-state index in [1.807, 2.05) is 14.0 Å². The number of carboxylic acid groups (broad SMARTS) is 1. The monoisotopic (exact) mass is 217 g/mol. The molecule has 1 atom stereocenters. The van der Waals surface area contributed by atoms with Gasteiger partial charge in [0.15, 0.2) is 6.10 Å². The van der Waals surface area contributed by atoms with Gasteiger partial charge in [0, 0.05) is 19.2 Å². The van der Waals surface area contributed by atoms with Crippen LogP contribution in [0.15, 0.2) is 0 Å². The van der Waals surface area contributed by atoms with Crippen molar-refractivity contribution in [3.05, 3.63) is 0 Å². The molecule has 0 aliphatic rings. The molecule has 0 aromatic heterocycles. The van der Waals surface area contributed by atoms with E-state index < -0.39 is 12.1 Å². The van der Waals surface area contributed by atoms with E-state index >= 15 is 0 Å². The summed E-state index contributed by atoms with van der Waals surface area (Å²) in [5.74, 6) is -0.880. The third kappa shape index (κ3) is 5.14. The fourth-order valence-electron chi connectivity index (χ4n) is 1.73. The van der Waals surface area contributed by atoms with Gasteiger partial charge in [-0.05, 0) is 26.8 Å². The fourth-order valence-corrected chi connectivity index (χ4v) is 1.73. The third-order valence-corrected chi connectivity index (χ3v) is 2.66. The van der Waals surface area contributed by atoms with Crippen molar-refractivity contribution < 1.29 is 14.6 Å². The summed E-state index contributed by atoms with van der Waals surface area (Å²) in [6.07, 6.45) is 1.36. The van der Waals surface area contributed by atoms with Crippen molar-refractivity contribution in [3.63, 3.8) is 0 Å². The van der Waals surface area contributed by atoms with E-state index in [9.17, 15) is 4.79 Å². The predicted molar refractivity (Wildman–Crippen MR) is 60.0 cm³/mol. The van der Waals surface area contributed by atoms with Crippen molar-refractivity contribution in [1.29, 1.82) is 0 Å². The van der Waals surface area contributed by atoms with Gasteiger partial charge in [0.25, 0.3) is 0 Å². The molecule has 1 N–H and O–H groups in total. The fraction of sp³-hybridized carbons (Fsp3) is 0.909. The smallest absolute Gasteiger partial charge is 0.334 e. The first-order valence-corrected chi connectivity index (χ1v) is 5.61. The number of carboxylic acids is 1. The van der Waals surface area contributed by atoms with Gasteiger partial charge in [-0.3, -0.25) is 0 Å². The van der Waals surface area contributed by atoms with Crippen LogP contribution in [-0.2, 0) is 9.53 Å². The number of hydrogen-bond donors (Lipinski definition) is 1. The largest absolute Gasteiger partial charge is 0.479 e. The molecule has 0 spiro atoms. The summed E-state index contributed by atoms with van der Waals surface area (Å²) >= 11 is 0. The van der Waals surface area contributed by atoms with Crippen molar-refractivity contribution in [2.24, 2.45) is 0 Å². The van der Waals surface area contributed by atoms with Gasteiger partial charge >= 0.3 is 5.97 Å². The lowest BCUT2D eigenvalue weighted by Crippen LogP contribution is -2.41. The SMILES string of the molecule is CCOC(CN(C)C(CC)CC)C(=O)O. The molecule has 0 saturated carbocycles. The summed E-state index contributed by atoms with van der Waals surface area (Å²) in [6, 6.07) is 0.437. The summed E-state index contributed by atoms with van der Waals surface area (Å²) in [7, 11) is 1.95. The van der Waals surface area contributed by atoms with Crippen LogP contribution in [0.5, 0.6) is 0 Å². The Morgan fingerprint density at radius 3 is 2.20 bits per heavy atom. The number of rotatable bonds is 8. The van der Waals surface area contributed by atoms with E-state index in [0.717, 1.165) is 12.8 Å². The second-order valence-electron chi connectivity index (χ2n) is 3.69. The molecular formula is C11H23NO3. The molecule has 0 aromatic carbocycles. The zero-order chi connectivity index (χ0) is 11.8. The van der Waals surface area contributed by atoms with Crippen molar-refractivity contribution in [3.8, 4) is 0 Å². The molecule has 15 heavy (non-hydrogen) atoms. The van der Waals surface area contributed by atoms with Crippen molar-refractivity contribution in [2.75, 3.05) is 20.2 Å². The molecule has 0 saturated heterocycles. The minimum atomic E-state index is -0.880. The summed E-state index contributed by atoms with van der Waals surface area (Å²) < 4.78 is 5.17. The van der Waals surface area contributed by atoms with E-state index in [4.69, 9.17) is 9.84 Å². The Labute approximate surface area is 92.2 Å². The summed E-state index contributed by atoms with van der Waals surface area (Å²) in [5.41, 5.74) is 0. The third-order valence-electron chi connectivity index (χ3n) is 2.66. The lowest BCUT2D eigenvalue weighted by Gasteiger charge is -2.28. The Hall–Kier alpha value is -0.610. The zero-order valence-electron chi connectivity index (χ0n) is 10.2. The van der Waals surface area contributed by atoms with E-state index in [1.54, 1.807) is 0 Å². The maximum atomic E-state index is 10.9. The number of nitrogens with zero attached hydrogens (tertiary/aromatic N) is 1. The van der Waals surface area contributed by atoms with Crippen LogP contribution in [0, 0.1) is 0 Å². The van der Waals surface area contributed by atoms with Gasteiger partial charge in [0.1, 0.15) is 0 Å². The van der Waals surface area contributed by atoms with Crippen LogP contribution >= 0.6 is 0 Å². The molecule has 0 bridgehead atoms. The Balaban J connectivity index is 4.20. The second-order valence-corrected chi connectivity index (χ2v) is 3.69. The first kappa shape index (κ1) is 14.4. The number of hydrogen-bond acceptors (Lipinski definition) is 3. The highest BCUT2D eigenvalue weighted by atomic mass is 16.5. The number of likely N-dealkylation sites (N-methyl/N-ethyl adjacent to an activating group) is 1. The Morgan fingerprint density at radius 1 is 1.33 bits per heavy atom. The molecule has 0 radical (unpaired) electrons. The molecular weight excluding hydrogens is 194 g/mol. The van der Waals surface area contributed by atoms with Gasteiger partial charge < -0.3 is 14.7 Å². The molecule has 0 rings (SSSR count). The molecule has 4 heteroatoms. The average Bonchev–Trinajstić information content (AvgIpc) is 2.18. The van der Waals surface area contributed by atoms with E-state index in [-0.39, 0.29) is 0 Å². The minimum Gasteiger partial charge on any atom is -0.479 e. The Kier molecular flexibility index (Phi) is 7.34. The highest BCUT2D eigenvalue weighted by molar-refractivity contribution is 5.72. The van der Waals surface area contributed by atoms with Crippen LogP contribution in [0.4, 0.5) is 0 Å². The molecule has 0 amide bonds. The summed E-state index contributed by atoms with van der Waals surface area (Å²) in [6.45, 7) is 6.93. The van der Waals surface area contributed by atoms with Gasteiger partial charge in [0.2, 0.25) is 0 Å². The molecule has 0 aromatic rings. The quantitative estimate of drug-likeness (QED) is 0.671. The van der Waals surface area contributed by atoms with Gasteiger partial charge in [-0.2, -0.15) is 0 Å². The van der Waals surface area contributed by atoms with E-state index in [0.29, 0.717) is 19.2 Å². The van der Waals surface area contributed by atoms with Gasteiger partial charge in [-0.25, -0.2) is 4.79 Å². The first-order valence-electron chi connectivity index (χ1n) is 5.61. The van der Waals surface area contributed by atoms with E-state index in [2.05, 4.69) is 18.7 Å². The number of aliphatic carboxylic acids is 1. The molecule has 0 aliphatic heterocycles. The lowest BCUT2D eigenvalue weighted by molar-refractivity contribution is -0.151. The highest BCUT2D eigenvalue weighted by Gasteiger charge is 2.22. The summed E-state index contributed by atoms with van der Waals surface area (Å²) in [4.78, 5) is 12.9. The molecule has 1 unspecified atom stereocenters. The highest BCUT2D eigenvalue weighted by Crippen LogP contribution is 2.08. The molecule has 4 nitrogen and oxygen atoms in total. The molecule has 0 heterocycles. The second kappa shape index (κ2) is 7.65. The molecule has 0 fully saturated rings. The molecule has 0 aliphatic carbocycles. The van der Waals surface area contributed by atoms with Crippen molar-refractivity contribution >= 4 is 5.97 Å². The standard InChI is InChI=1S/C11H23NO3/c1-5-9(6-2)12(4)8-10(11(13)14)15-7-3/h9-10H,5-8H2,1-4H3,(H,13,14). The van der Waals surface area contributed by atoms with Crippen LogP contribution in [0.25, 0.3) is 0 Å². The topological polar surface area (TPSA) is 49.8 Å². The Morgan fingerprint density at radius 2 is 1.87 bits per heavy atom. The van der Waals surface area contributed by atoms with Gasteiger partial charge in [-0.1, -0.05) is 13.8 Å². The predicted octanol–water partition coefficient (Wildman–Crippen LogP) is 1.60. The normalized spacial score (nSPS) is 13.5. The van der Waals surface area contributed by atoms with Crippen molar-refractivity contribution in [1.82, 2.24) is 4.90 Å². The molecule has 90 valence electrons. The van der Waals surface area contributed by atoms with Crippen LogP contribution in [0.3, 0.4) is 0 Å². The van der Waals surface area contributed by atoms with Crippen LogP contribution in [0.2, 0.25) is 0 Å². The maximum Gasteiger partial charge on any atom is 0.334 e. The van der Waals surface area contributed by atoms with Gasteiger partial charge in [-0.15, -0.1) is 0 Å².